The first-order valence-corrected chi connectivity index (χ1v) is 4.07. The average molecular weight is 216 g/mol. The van der Waals surface area contributed by atoms with E-state index in [4.69, 9.17) is 5.53 Å². The number of rotatable bonds is 3. The van der Waals surface area contributed by atoms with Crippen LogP contribution in [0.4, 0.5) is 13.2 Å². The van der Waals surface area contributed by atoms with Gasteiger partial charge in [-0.1, -0.05) is 11.2 Å². The lowest BCUT2D eigenvalue weighted by Crippen LogP contribution is -2.12. The Balaban J connectivity index is 2.91. The molecule has 1 aromatic rings. The van der Waals surface area contributed by atoms with Crippen molar-refractivity contribution in [1.82, 2.24) is 4.98 Å². The molecule has 7 heteroatoms. The maximum absolute atomic E-state index is 12.4. The molecule has 1 rings (SSSR count). The summed E-state index contributed by atoms with van der Waals surface area (Å²) in [6, 6.07) is 2.74. The van der Waals surface area contributed by atoms with Gasteiger partial charge in [0, 0.05) is 17.7 Å². The van der Waals surface area contributed by atoms with Gasteiger partial charge in [-0.3, -0.25) is 4.98 Å². The standard InChI is InChI=1S/C8H7F3N4/c9-8(10,11)7-6(2-1-4-13-7)3-5-14-15-12/h1-2,4H,3,5H2. The van der Waals surface area contributed by atoms with Gasteiger partial charge in [0.1, 0.15) is 5.69 Å². The quantitative estimate of drug-likeness (QED) is 0.435. The normalized spacial score (nSPS) is 10.9. The van der Waals surface area contributed by atoms with Crippen molar-refractivity contribution >= 4 is 0 Å². The molecular weight excluding hydrogens is 209 g/mol. The lowest BCUT2D eigenvalue weighted by molar-refractivity contribution is -0.141. The molecule has 0 aliphatic rings. The minimum absolute atomic E-state index is 0.00866. The third kappa shape index (κ3) is 3.14. The molecule has 15 heavy (non-hydrogen) atoms. The summed E-state index contributed by atoms with van der Waals surface area (Å²) in [5, 5.41) is 3.18. The minimum Gasteiger partial charge on any atom is -0.252 e. The smallest absolute Gasteiger partial charge is 0.252 e. The van der Waals surface area contributed by atoms with Crippen LogP contribution in [0.2, 0.25) is 0 Å². The molecule has 0 unspecified atom stereocenters. The summed E-state index contributed by atoms with van der Waals surface area (Å²) in [6.45, 7) is -0.00866. The van der Waals surface area contributed by atoms with E-state index in [0.717, 1.165) is 6.20 Å². The van der Waals surface area contributed by atoms with E-state index >= 15 is 0 Å². The summed E-state index contributed by atoms with van der Waals surface area (Å²) >= 11 is 0. The molecule has 0 radical (unpaired) electrons. The highest BCUT2D eigenvalue weighted by Gasteiger charge is 2.34. The SMILES string of the molecule is [N-]=[N+]=NCCc1cccnc1C(F)(F)F. The van der Waals surface area contributed by atoms with Crippen molar-refractivity contribution in [1.29, 1.82) is 0 Å². The van der Waals surface area contributed by atoms with E-state index in [1.165, 1.54) is 12.1 Å². The number of halogens is 3. The van der Waals surface area contributed by atoms with Gasteiger partial charge >= 0.3 is 6.18 Å². The molecule has 0 saturated carbocycles. The fraction of sp³-hybridized carbons (Fsp3) is 0.375. The molecule has 0 saturated heterocycles. The van der Waals surface area contributed by atoms with Gasteiger partial charge in [0.25, 0.3) is 0 Å². The largest absolute Gasteiger partial charge is 0.433 e. The molecule has 80 valence electrons. The zero-order valence-corrected chi connectivity index (χ0v) is 7.57. The average Bonchev–Trinajstić information content (AvgIpc) is 2.17. The zero-order valence-electron chi connectivity index (χ0n) is 7.57. The lowest BCUT2D eigenvalue weighted by atomic mass is 10.1. The van der Waals surface area contributed by atoms with E-state index in [-0.39, 0.29) is 18.5 Å². The van der Waals surface area contributed by atoms with Gasteiger partial charge in [-0.25, -0.2) is 0 Å². The van der Waals surface area contributed by atoms with Crippen LogP contribution in [-0.4, -0.2) is 11.5 Å². The van der Waals surface area contributed by atoms with Crippen LogP contribution >= 0.6 is 0 Å². The summed E-state index contributed by atoms with van der Waals surface area (Å²) in [6.07, 6.45) is -3.35. The predicted molar refractivity (Wildman–Crippen MR) is 47.0 cm³/mol. The molecule has 1 heterocycles. The van der Waals surface area contributed by atoms with Crippen LogP contribution in [-0.2, 0) is 12.6 Å². The Morgan fingerprint density at radius 2 is 2.20 bits per heavy atom. The van der Waals surface area contributed by atoms with Gasteiger partial charge in [-0.2, -0.15) is 13.2 Å². The van der Waals surface area contributed by atoms with E-state index in [0.29, 0.717) is 0 Å². The van der Waals surface area contributed by atoms with E-state index in [1.54, 1.807) is 0 Å². The zero-order chi connectivity index (χ0) is 11.3. The van der Waals surface area contributed by atoms with Crippen LogP contribution in [0, 0.1) is 0 Å². The van der Waals surface area contributed by atoms with Crippen LogP contribution in [0.15, 0.2) is 23.4 Å². The molecule has 0 aliphatic heterocycles. The molecule has 4 nitrogen and oxygen atoms in total. The highest BCUT2D eigenvalue weighted by molar-refractivity contribution is 5.22. The van der Waals surface area contributed by atoms with Gasteiger partial charge in [-0.15, -0.1) is 0 Å². The van der Waals surface area contributed by atoms with E-state index in [1.807, 2.05) is 0 Å². The van der Waals surface area contributed by atoms with Crippen LogP contribution in [0.1, 0.15) is 11.3 Å². The molecule has 0 aliphatic carbocycles. The third-order valence-electron chi connectivity index (χ3n) is 1.70. The Morgan fingerprint density at radius 1 is 1.47 bits per heavy atom. The van der Waals surface area contributed by atoms with Gasteiger partial charge in [-0.05, 0) is 23.6 Å². The summed E-state index contributed by atoms with van der Waals surface area (Å²) in [4.78, 5) is 5.73. The molecule has 1 aromatic heterocycles. The van der Waals surface area contributed by atoms with Gasteiger partial charge in [0.2, 0.25) is 0 Å². The summed E-state index contributed by atoms with van der Waals surface area (Å²) < 4.78 is 37.2. The van der Waals surface area contributed by atoms with Crippen molar-refractivity contribution in [2.45, 2.75) is 12.6 Å². The van der Waals surface area contributed by atoms with Crippen molar-refractivity contribution in [3.63, 3.8) is 0 Å². The first-order chi connectivity index (χ1) is 7.05. The first kappa shape index (κ1) is 11.3. The van der Waals surface area contributed by atoms with E-state index in [9.17, 15) is 13.2 Å². The number of hydrogen-bond acceptors (Lipinski definition) is 2. The van der Waals surface area contributed by atoms with Crippen molar-refractivity contribution in [3.05, 3.63) is 40.0 Å². The van der Waals surface area contributed by atoms with E-state index in [2.05, 4.69) is 15.0 Å². The Labute approximate surface area is 83.4 Å². The molecule has 0 aromatic carbocycles. The van der Waals surface area contributed by atoms with Crippen molar-refractivity contribution in [2.24, 2.45) is 5.11 Å². The van der Waals surface area contributed by atoms with Crippen molar-refractivity contribution in [2.75, 3.05) is 6.54 Å². The molecular formula is C8H7F3N4. The number of nitrogens with zero attached hydrogens (tertiary/aromatic N) is 4. The molecule has 0 N–H and O–H groups in total. The molecule has 0 spiro atoms. The number of alkyl halides is 3. The van der Waals surface area contributed by atoms with Gasteiger partial charge in [0.15, 0.2) is 0 Å². The number of hydrogen-bond donors (Lipinski definition) is 0. The first-order valence-electron chi connectivity index (χ1n) is 4.07. The van der Waals surface area contributed by atoms with Crippen LogP contribution in [0.25, 0.3) is 10.4 Å². The Hall–Kier alpha value is -1.75. The fourth-order valence-corrected chi connectivity index (χ4v) is 1.11. The maximum atomic E-state index is 12.4. The van der Waals surface area contributed by atoms with Gasteiger partial charge < -0.3 is 0 Å². The topological polar surface area (TPSA) is 61.7 Å². The second kappa shape index (κ2) is 4.65. The lowest BCUT2D eigenvalue weighted by Gasteiger charge is -2.09. The summed E-state index contributed by atoms with van der Waals surface area (Å²) in [5.41, 5.74) is 7.11. The van der Waals surface area contributed by atoms with Crippen LogP contribution in [0.3, 0.4) is 0 Å². The Bertz CT molecular complexity index is 382. The molecule has 0 bridgehead atoms. The van der Waals surface area contributed by atoms with Crippen molar-refractivity contribution < 1.29 is 13.2 Å². The predicted octanol–water partition coefficient (Wildman–Crippen LogP) is 2.95. The number of azide groups is 1. The number of pyridine rings is 1. The van der Waals surface area contributed by atoms with E-state index < -0.39 is 11.9 Å². The van der Waals surface area contributed by atoms with Crippen molar-refractivity contribution in [3.8, 4) is 0 Å². The Morgan fingerprint density at radius 3 is 2.80 bits per heavy atom. The molecule has 0 amide bonds. The third-order valence-corrected chi connectivity index (χ3v) is 1.70. The number of aromatic nitrogens is 1. The van der Waals surface area contributed by atoms with Crippen LogP contribution < -0.4 is 0 Å². The monoisotopic (exact) mass is 216 g/mol. The molecule has 0 fully saturated rings. The van der Waals surface area contributed by atoms with Crippen LogP contribution in [0.5, 0.6) is 0 Å². The fourth-order valence-electron chi connectivity index (χ4n) is 1.11. The Kier molecular flexibility index (Phi) is 3.51. The summed E-state index contributed by atoms with van der Waals surface area (Å²) in [5.74, 6) is 0. The maximum Gasteiger partial charge on any atom is 0.433 e. The second-order valence-corrected chi connectivity index (χ2v) is 2.71. The highest BCUT2D eigenvalue weighted by Crippen LogP contribution is 2.30. The highest BCUT2D eigenvalue weighted by atomic mass is 19.4. The van der Waals surface area contributed by atoms with Gasteiger partial charge in [0.05, 0.1) is 0 Å². The minimum atomic E-state index is -4.47. The second-order valence-electron chi connectivity index (χ2n) is 2.71. The summed E-state index contributed by atoms with van der Waals surface area (Å²) in [7, 11) is 0. The molecule has 0 atom stereocenters.